The number of pyridine rings is 6. The van der Waals surface area contributed by atoms with Gasteiger partial charge in [-0.1, -0.05) is 32.5 Å². The molecule has 12 rings (SSSR count). The number of aromatic amines is 1. The number of H-pyrrole nitrogens is 1. The molecule has 2 amide bonds. The number of nitrogens with zero attached hydrogens (tertiary/aromatic N) is 13. The van der Waals surface area contributed by atoms with Crippen molar-refractivity contribution in [2.75, 3.05) is 110 Å². The molecule has 456 valence electrons. The molecule has 21 nitrogen and oxygen atoms in total. The van der Waals surface area contributed by atoms with Gasteiger partial charge in [-0.15, -0.1) is 0 Å². The van der Waals surface area contributed by atoms with Crippen molar-refractivity contribution in [3.8, 4) is 22.5 Å². The number of aromatic nitrogens is 10. The van der Waals surface area contributed by atoms with Crippen LogP contribution in [-0.2, 0) is 11.5 Å². The van der Waals surface area contributed by atoms with Crippen molar-refractivity contribution in [3.05, 3.63) is 85.2 Å². The zero-order valence-corrected chi connectivity index (χ0v) is 52.2. The standard InChI is InChI=1S/C35H51N9O2Si.C29H37N9O/c1-42-17-10-27(11-18-42)39-35(45)34-41-32-21-26(23-38-33(32)44(34)25-46-19-20-47(2,3)4)30-22-31(28-24-36-13-9-29(28)40-30)37-12-8-16-43-14-6-5-7-15-43;1-37-14-7-21(8-15-37)33-29(39)28-35-26-16-20(18-32-27(26)36-28)24-17-25(22-19-30-10-6-23(22)34-24)31-9-5-13-38-11-3-2-4-12-38/h9,13,21-24,27H,5-8,10-12,14-20,25H2,1-4H3,(H,37,40)(H,39,45);6,10,16-19,21H,2-5,7-9,11-15H2,1H3,(H,31,34)(H,33,39)(H,32,35,36). The van der Waals surface area contributed by atoms with Gasteiger partial charge in [0.1, 0.15) is 12.2 Å². The minimum Gasteiger partial charge on any atom is -0.384 e. The lowest BCUT2D eigenvalue weighted by atomic mass is 10.1. The molecule has 0 saturated carbocycles. The summed E-state index contributed by atoms with van der Waals surface area (Å²) in [6, 6.07) is 13.3. The van der Waals surface area contributed by atoms with Gasteiger partial charge in [0, 0.05) is 110 Å². The van der Waals surface area contributed by atoms with Crippen LogP contribution in [0.3, 0.4) is 0 Å². The lowest BCUT2D eigenvalue weighted by Crippen LogP contribution is -2.44. The molecule has 4 fully saturated rings. The maximum Gasteiger partial charge on any atom is 0.287 e. The lowest BCUT2D eigenvalue weighted by molar-refractivity contribution is 0.0783. The van der Waals surface area contributed by atoms with Crippen LogP contribution in [0.15, 0.2) is 73.6 Å². The largest absolute Gasteiger partial charge is 0.384 e. The van der Waals surface area contributed by atoms with Gasteiger partial charge in [-0.05, 0) is 186 Å². The Labute approximate surface area is 506 Å². The number of carbonyl (C=O) groups excluding carboxylic acids is 2. The maximum absolute atomic E-state index is 13.6. The molecule has 8 aromatic rings. The van der Waals surface area contributed by atoms with Gasteiger partial charge in [0.2, 0.25) is 5.82 Å². The number of likely N-dealkylation sites (tertiary alicyclic amines) is 4. The number of hydrogen-bond donors (Lipinski definition) is 5. The summed E-state index contributed by atoms with van der Waals surface area (Å²) in [5, 5.41) is 15.7. The minimum absolute atomic E-state index is 0.130. The van der Waals surface area contributed by atoms with E-state index in [1.54, 1.807) is 18.6 Å². The molecule has 0 radical (unpaired) electrons. The number of ether oxygens (including phenoxy) is 1. The van der Waals surface area contributed by atoms with Crippen molar-refractivity contribution in [2.24, 2.45) is 0 Å². The Bertz CT molecular complexity index is 3560. The quantitative estimate of drug-likeness (QED) is 0.0334. The van der Waals surface area contributed by atoms with E-state index in [0.717, 1.165) is 153 Å². The number of piperidine rings is 4. The number of carbonyl (C=O) groups is 2. The molecular weight excluding hydrogens is 1100 g/mol. The SMILES string of the molecule is CN1CCC(NC(=O)c2nc3cc(-c4cc(NCCCN5CCCCC5)c5cnccc5n4)cnc3n2COCC[Si](C)(C)C)CC1.CN1CCC(NC(=O)c2nc3ncc(-c4cc(NCCCN5CCCCC5)c5cnccc5n4)cc3[nH]2)CC1. The van der Waals surface area contributed by atoms with Crippen molar-refractivity contribution in [2.45, 2.75) is 122 Å². The average Bonchev–Trinajstić information content (AvgIpc) is 2.06. The fourth-order valence-electron chi connectivity index (χ4n) is 12.1. The smallest absolute Gasteiger partial charge is 0.287 e. The Hall–Kier alpha value is -7.08. The zero-order valence-electron chi connectivity index (χ0n) is 51.2. The molecule has 0 aromatic carbocycles. The van der Waals surface area contributed by atoms with Gasteiger partial charge in [-0.3, -0.25) is 24.1 Å². The summed E-state index contributed by atoms with van der Waals surface area (Å²) in [5.41, 5.74) is 9.63. The van der Waals surface area contributed by atoms with Crippen LogP contribution >= 0.6 is 0 Å². The second-order valence-corrected chi connectivity index (χ2v) is 30.9. The second-order valence-electron chi connectivity index (χ2n) is 25.3. The topological polar surface area (TPSA) is 228 Å². The minimum atomic E-state index is -1.26. The fraction of sp³-hybridized carbons (Fsp3) is 0.531. The molecule has 0 spiro atoms. The number of hydrogen-bond acceptors (Lipinski definition) is 17. The highest BCUT2D eigenvalue weighted by Gasteiger charge is 2.26. The third kappa shape index (κ3) is 15.9. The molecule has 22 heteroatoms. The lowest BCUT2D eigenvalue weighted by Gasteiger charge is -2.29. The third-order valence-electron chi connectivity index (χ3n) is 17.3. The number of fused-ring (bicyclic) bond motifs is 4. The van der Waals surface area contributed by atoms with E-state index < -0.39 is 8.07 Å². The molecule has 4 saturated heterocycles. The summed E-state index contributed by atoms with van der Waals surface area (Å²) in [6.45, 7) is 20.6. The second kappa shape index (κ2) is 28.6. The molecule has 4 aliphatic rings. The van der Waals surface area contributed by atoms with E-state index in [-0.39, 0.29) is 30.6 Å². The van der Waals surface area contributed by atoms with Crippen molar-refractivity contribution < 1.29 is 14.3 Å². The van der Waals surface area contributed by atoms with Gasteiger partial charge in [0.15, 0.2) is 17.1 Å². The highest BCUT2D eigenvalue weighted by molar-refractivity contribution is 6.76. The van der Waals surface area contributed by atoms with Crippen molar-refractivity contribution >= 4 is 75.4 Å². The van der Waals surface area contributed by atoms with Gasteiger partial charge in [0.05, 0.1) is 27.9 Å². The molecule has 0 aliphatic carbocycles. The highest BCUT2D eigenvalue weighted by atomic mass is 28.3. The van der Waals surface area contributed by atoms with E-state index in [9.17, 15) is 9.59 Å². The predicted molar refractivity (Wildman–Crippen MR) is 345 cm³/mol. The average molecular weight is 1190 g/mol. The summed E-state index contributed by atoms with van der Waals surface area (Å²) < 4.78 is 7.94. The molecule has 86 heavy (non-hydrogen) atoms. The van der Waals surface area contributed by atoms with Gasteiger partial charge in [-0.2, -0.15) is 0 Å². The fourth-order valence-corrected chi connectivity index (χ4v) is 12.8. The van der Waals surface area contributed by atoms with E-state index in [4.69, 9.17) is 24.7 Å². The number of nitrogens with one attached hydrogen (secondary N) is 5. The monoisotopic (exact) mass is 1180 g/mol. The van der Waals surface area contributed by atoms with Crippen LogP contribution < -0.4 is 21.3 Å². The Morgan fingerprint density at radius 3 is 1.71 bits per heavy atom. The first kappa shape index (κ1) is 60.6. The molecule has 0 bridgehead atoms. The number of amides is 2. The number of imidazole rings is 2. The van der Waals surface area contributed by atoms with Gasteiger partial charge in [0.25, 0.3) is 11.8 Å². The summed E-state index contributed by atoms with van der Waals surface area (Å²) in [5.74, 6) is 0.268. The Morgan fingerprint density at radius 1 is 0.616 bits per heavy atom. The van der Waals surface area contributed by atoms with Gasteiger partial charge >= 0.3 is 0 Å². The van der Waals surface area contributed by atoms with Crippen LogP contribution in [0.1, 0.15) is 98.3 Å². The normalized spacial score (nSPS) is 17.3. The van der Waals surface area contributed by atoms with E-state index in [1.165, 1.54) is 64.7 Å². The first-order valence-corrected chi connectivity index (χ1v) is 35.3. The Balaban J connectivity index is 0.000000182. The highest BCUT2D eigenvalue weighted by Crippen LogP contribution is 2.32. The van der Waals surface area contributed by atoms with Crippen LogP contribution in [0.2, 0.25) is 25.7 Å². The van der Waals surface area contributed by atoms with Crippen LogP contribution in [0, 0.1) is 0 Å². The van der Waals surface area contributed by atoms with Crippen LogP contribution in [-0.4, -0.2) is 200 Å². The zero-order chi connectivity index (χ0) is 59.4. The third-order valence-corrected chi connectivity index (χ3v) is 19.0. The Morgan fingerprint density at radius 2 is 1.15 bits per heavy atom. The summed E-state index contributed by atoms with van der Waals surface area (Å²) >= 11 is 0. The first-order valence-electron chi connectivity index (χ1n) is 31.6. The van der Waals surface area contributed by atoms with Crippen molar-refractivity contribution in [1.82, 2.24) is 79.7 Å². The summed E-state index contributed by atoms with van der Waals surface area (Å²) in [4.78, 5) is 76.6. The molecule has 8 aromatic heterocycles. The maximum atomic E-state index is 13.6. The summed E-state index contributed by atoms with van der Waals surface area (Å²) in [6.07, 6.45) is 24.8. The van der Waals surface area contributed by atoms with Gasteiger partial charge in [-0.25, -0.2) is 29.9 Å². The number of anilines is 2. The number of rotatable bonds is 21. The molecule has 5 N–H and O–H groups in total. The van der Waals surface area contributed by atoms with Crippen LogP contribution in [0.25, 0.3) is 66.6 Å². The van der Waals surface area contributed by atoms with E-state index in [2.05, 4.69) is 112 Å². The van der Waals surface area contributed by atoms with E-state index >= 15 is 0 Å². The Kier molecular flexibility index (Phi) is 20.2. The van der Waals surface area contributed by atoms with Crippen LogP contribution in [0.5, 0.6) is 0 Å². The molecular formula is C64H88N18O3Si. The molecule has 0 atom stereocenters. The van der Waals surface area contributed by atoms with E-state index in [1.807, 2.05) is 47.4 Å². The molecule has 12 heterocycles. The van der Waals surface area contributed by atoms with Crippen LogP contribution in [0.4, 0.5) is 11.4 Å². The molecule has 4 aliphatic heterocycles. The summed E-state index contributed by atoms with van der Waals surface area (Å²) in [7, 11) is 2.97. The molecule has 0 unspecified atom stereocenters. The first-order chi connectivity index (χ1) is 41.9. The van der Waals surface area contributed by atoms with Gasteiger partial charge < -0.3 is 50.6 Å². The van der Waals surface area contributed by atoms with Crippen molar-refractivity contribution in [3.63, 3.8) is 0 Å². The predicted octanol–water partition coefficient (Wildman–Crippen LogP) is 9.15. The van der Waals surface area contributed by atoms with E-state index in [0.29, 0.717) is 40.6 Å². The van der Waals surface area contributed by atoms with Crippen molar-refractivity contribution in [1.29, 1.82) is 0 Å².